The van der Waals surface area contributed by atoms with Gasteiger partial charge in [-0.1, -0.05) is 65.7 Å². The number of sulfonamides is 1. The number of carbonyl (C=O) groups is 2. The van der Waals surface area contributed by atoms with E-state index in [9.17, 15) is 18.0 Å². The molecule has 11 heteroatoms. The Morgan fingerprint density at radius 1 is 0.947 bits per heavy atom. The fourth-order valence-electron chi connectivity index (χ4n) is 4.01. The van der Waals surface area contributed by atoms with Gasteiger partial charge in [-0.05, 0) is 41.5 Å². The number of carbonyl (C=O) groups excluding carboxylic acids is 2. The Kier molecular flexibility index (Phi) is 10.0. The summed E-state index contributed by atoms with van der Waals surface area (Å²) in [6, 6.07) is 19.7. The van der Waals surface area contributed by atoms with Crippen molar-refractivity contribution in [3.8, 4) is 5.75 Å². The van der Waals surface area contributed by atoms with Crippen LogP contribution in [0.2, 0.25) is 10.0 Å². The molecule has 0 aliphatic carbocycles. The van der Waals surface area contributed by atoms with E-state index < -0.39 is 34.4 Å². The van der Waals surface area contributed by atoms with Gasteiger partial charge in [0.25, 0.3) is 0 Å². The minimum absolute atomic E-state index is 0.0224. The van der Waals surface area contributed by atoms with Crippen LogP contribution in [0.3, 0.4) is 0 Å². The number of methoxy groups -OCH3 is 1. The molecule has 3 aromatic carbocycles. The molecule has 0 saturated heterocycles. The molecule has 3 rings (SSSR count). The average molecular weight is 579 g/mol. The van der Waals surface area contributed by atoms with Gasteiger partial charge >= 0.3 is 0 Å². The smallest absolute Gasteiger partial charge is 0.244 e. The maximum absolute atomic E-state index is 13.9. The molecular weight excluding hydrogens is 549 g/mol. The predicted molar refractivity (Wildman–Crippen MR) is 150 cm³/mol. The molecule has 3 aromatic rings. The molecule has 38 heavy (non-hydrogen) atoms. The highest BCUT2D eigenvalue weighted by Gasteiger charge is 2.33. The normalized spacial score (nSPS) is 11.9. The molecule has 0 saturated carbocycles. The topological polar surface area (TPSA) is 96.0 Å². The Hall–Kier alpha value is -3.27. The molecule has 0 fully saturated rings. The fraction of sp³-hybridized carbons (Fsp3) is 0.259. The van der Waals surface area contributed by atoms with E-state index in [-0.39, 0.29) is 29.4 Å². The lowest BCUT2D eigenvalue weighted by Gasteiger charge is -2.33. The first-order valence-corrected chi connectivity index (χ1v) is 14.2. The minimum atomic E-state index is -3.96. The van der Waals surface area contributed by atoms with E-state index in [1.807, 2.05) is 30.3 Å². The van der Waals surface area contributed by atoms with Crippen LogP contribution in [0.5, 0.6) is 5.75 Å². The maximum atomic E-state index is 13.9. The van der Waals surface area contributed by atoms with Crippen LogP contribution in [0, 0.1) is 0 Å². The number of amides is 2. The standard InChI is InChI=1S/C27H29Cl2N3O5S/c1-30-27(34)24(15-19-8-5-4-6-9-19)31(17-20-10-7-11-21(28)14-20)26(33)18-32(38(3,35)36)23-16-22(29)12-13-25(23)37-2/h4-14,16,24H,15,17-18H2,1-3H3,(H,30,34)/t24-/m1/s1. The average Bonchev–Trinajstić information content (AvgIpc) is 2.88. The molecule has 0 bridgehead atoms. The number of nitrogens with one attached hydrogen (secondary N) is 1. The molecule has 1 atom stereocenters. The number of rotatable bonds is 11. The Bertz CT molecular complexity index is 1390. The van der Waals surface area contributed by atoms with Crippen LogP contribution < -0.4 is 14.4 Å². The summed E-state index contributed by atoms with van der Waals surface area (Å²) >= 11 is 12.3. The number of likely N-dealkylation sites (N-methyl/N-ethyl adjacent to an activating group) is 1. The van der Waals surface area contributed by atoms with Crippen LogP contribution >= 0.6 is 23.2 Å². The largest absolute Gasteiger partial charge is 0.495 e. The van der Waals surface area contributed by atoms with Crippen molar-refractivity contribution >= 4 is 50.7 Å². The van der Waals surface area contributed by atoms with Crippen LogP contribution in [0.1, 0.15) is 11.1 Å². The zero-order chi connectivity index (χ0) is 27.9. The summed E-state index contributed by atoms with van der Waals surface area (Å²) in [7, 11) is -1.08. The summed E-state index contributed by atoms with van der Waals surface area (Å²) < 4.78 is 32.0. The second kappa shape index (κ2) is 13.0. The van der Waals surface area contributed by atoms with Crippen LogP contribution in [-0.2, 0) is 32.6 Å². The zero-order valence-electron chi connectivity index (χ0n) is 21.2. The van der Waals surface area contributed by atoms with Gasteiger partial charge < -0.3 is 15.0 Å². The van der Waals surface area contributed by atoms with Crippen molar-refractivity contribution in [1.29, 1.82) is 0 Å². The van der Waals surface area contributed by atoms with Crippen molar-refractivity contribution in [3.63, 3.8) is 0 Å². The van der Waals surface area contributed by atoms with Crippen molar-refractivity contribution in [2.45, 2.75) is 19.0 Å². The van der Waals surface area contributed by atoms with Crippen LogP contribution in [0.4, 0.5) is 5.69 Å². The molecule has 0 aliphatic heterocycles. The Balaban J connectivity index is 2.07. The Morgan fingerprint density at radius 2 is 1.61 bits per heavy atom. The number of halogens is 2. The molecule has 0 spiro atoms. The highest BCUT2D eigenvalue weighted by atomic mass is 35.5. The number of anilines is 1. The first kappa shape index (κ1) is 29.3. The third-order valence-corrected chi connectivity index (χ3v) is 7.44. The van der Waals surface area contributed by atoms with Crippen molar-refractivity contribution in [2.24, 2.45) is 0 Å². The van der Waals surface area contributed by atoms with Crippen molar-refractivity contribution in [2.75, 3.05) is 31.3 Å². The van der Waals surface area contributed by atoms with Crippen molar-refractivity contribution < 1.29 is 22.7 Å². The monoisotopic (exact) mass is 577 g/mol. The fourth-order valence-corrected chi connectivity index (χ4v) is 5.23. The van der Waals surface area contributed by atoms with Gasteiger partial charge in [-0.25, -0.2) is 8.42 Å². The molecule has 8 nitrogen and oxygen atoms in total. The Labute approximate surface area is 233 Å². The first-order valence-electron chi connectivity index (χ1n) is 11.6. The van der Waals surface area contributed by atoms with E-state index in [1.165, 1.54) is 31.2 Å². The number of benzene rings is 3. The molecule has 0 unspecified atom stereocenters. The van der Waals surface area contributed by atoms with Gasteiger partial charge in [0.2, 0.25) is 21.8 Å². The second-order valence-electron chi connectivity index (χ2n) is 8.56. The van der Waals surface area contributed by atoms with Crippen molar-refractivity contribution in [1.82, 2.24) is 10.2 Å². The van der Waals surface area contributed by atoms with E-state index in [0.29, 0.717) is 10.6 Å². The molecule has 202 valence electrons. The van der Waals surface area contributed by atoms with Crippen LogP contribution in [0.25, 0.3) is 0 Å². The third kappa shape index (κ3) is 7.63. The van der Waals surface area contributed by atoms with Gasteiger partial charge in [-0.15, -0.1) is 0 Å². The Morgan fingerprint density at radius 3 is 2.21 bits per heavy atom. The van der Waals surface area contributed by atoms with Gasteiger partial charge in [-0.2, -0.15) is 0 Å². The van der Waals surface area contributed by atoms with E-state index in [1.54, 1.807) is 30.3 Å². The summed E-state index contributed by atoms with van der Waals surface area (Å²) in [6.07, 6.45) is 1.20. The predicted octanol–water partition coefficient (Wildman–Crippen LogP) is 4.15. The molecule has 1 N–H and O–H groups in total. The lowest BCUT2D eigenvalue weighted by molar-refractivity contribution is -0.139. The SMILES string of the molecule is CNC(=O)[C@@H](Cc1ccccc1)N(Cc1cccc(Cl)c1)C(=O)CN(c1cc(Cl)ccc1OC)S(C)(=O)=O. The van der Waals surface area contributed by atoms with Gasteiger partial charge in [0.05, 0.1) is 19.1 Å². The van der Waals surface area contributed by atoms with Gasteiger partial charge in [0.1, 0.15) is 18.3 Å². The quantitative estimate of drug-likeness (QED) is 0.369. The summed E-state index contributed by atoms with van der Waals surface area (Å²) in [6.45, 7) is -0.563. The molecule has 2 amide bonds. The zero-order valence-corrected chi connectivity index (χ0v) is 23.6. The first-order chi connectivity index (χ1) is 18.0. The number of ether oxygens (including phenoxy) is 1. The van der Waals surface area contributed by atoms with E-state index in [0.717, 1.165) is 16.1 Å². The van der Waals surface area contributed by atoms with Gasteiger partial charge in [0.15, 0.2) is 0 Å². The minimum Gasteiger partial charge on any atom is -0.495 e. The van der Waals surface area contributed by atoms with Gasteiger partial charge in [-0.3, -0.25) is 13.9 Å². The summed E-state index contributed by atoms with van der Waals surface area (Å²) in [4.78, 5) is 28.4. The lowest BCUT2D eigenvalue weighted by Crippen LogP contribution is -2.52. The highest BCUT2D eigenvalue weighted by Crippen LogP contribution is 2.33. The number of hydrogen-bond donors (Lipinski definition) is 1. The van der Waals surface area contributed by atoms with E-state index in [2.05, 4.69) is 5.32 Å². The van der Waals surface area contributed by atoms with Crippen molar-refractivity contribution in [3.05, 3.63) is 94.0 Å². The molecular formula is C27H29Cl2N3O5S. The number of nitrogens with zero attached hydrogens (tertiary/aromatic N) is 2. The molecule has 0 heterocycles. The number of hydrogen-bond acceptors (Lipinski definition) is 5. The van der Waals surface area contributed by atoms with Crippen LogP contribution in [-0.4, -0.2) is 58.1 Å². The highest BCUT2D eigenvalue weighted by molar-refractivity contribution is 7.92. The third-order valence-electron chi connectivity index (χ3n) is 5.85. The lowest BCUT2D eigenvalue weighted by atomic mass is 10.0. The summed E-state index contributed by atoms with van der Waals surface area (Å²) in [5, 5.41) is 3.37. The van der Waals surface area contributed by atoms with Gasteiger partial charge in [0, 0.05) is 30.1 Å². The maximum Gasteiger partial charge on any atom is 0.244 e. The summed E-state index contributed by atoms with van der Waals surface area (Å²) in [5.74, 6) is -0.765. The van der Waals surface area contributed by atoms with E-state index in [4.69, 9.17) is 27.9 Å². The molecule has 0 radical (unpaired) electrons. The van der Waals surface area contributed by atoms with E-state index >= 15 is 0 Å². The molecule has 0 aliphatic rings. The molecule has 0 aromatic heterocycles. The van der Waals surface area contributed by atoms with Crippen LogP contribution in [0.15, 0.2) is 72.8 Å². The second-order valence-corrected chi connectivity index (χ2v) is 11.3. The summed E-state index contributed by atoms with van der Waals surface area (Å²) in [5.41, 5.74) is 1.62.